The first kappa shape index (κ1) is 14.1. The highest BCUT2D eigenvalue weighted by atomic mass is 16.5. The second-order valence-corrected chi connectivity index (χ2v) is 4.72. The second-order valence-electron chi connectivity index (χ2n) is 4.72. The van der Waals surface area contributed by atoms with E-state index in [4.69, 9.17) is 9.47 Å². The van der Waals surface area contributed by atoms with Crippen LogP contribution >= 0.6 is 0 Å². The molecule has 2 rings (SSSR count). The summed E-state index contributed by atoms with van der Waals surface area (Å²) in [6.45, 7) is 4.14. The fourth-order valence-electron chi connectivity index (χ4n) is 2.11. The Balaban J connectivity index is 2.27. The second kappa shape index (κ2) is 6.24. The van der Waals surface area contributed by atoms with Gasteiger partial charge < -0.3 is 9.47 Å². The normalized spacial score (nSPS) is 10.8. The zero-order valence-corrected chi connectivity index (χ0v) is 12.3. The number of hydrogen-bond donors (Lipinski definition) is 0. The van der Waals surface area contributed by atoms with Gasteiger partial charge in [0.05, 0.1) is 19.9 Å². The van der Waals surface area contributed by atoms with Gasteiger partial charge in [0.1, 0.15) is 0 Å². The highest BCUT2D eigenvalue weighted by molar-refractivity contribution is 5.83. The minimum absolute atomic E-state index is 0.705. The molecule has 0 spiro atoms. The van der Waals surface area contributed by atoms with Gasteiger partial charge in [-0.25, -0.2) is 0 Å². The molecule has 0 bridgehead atoms. The summed E-state index contributed by atoms with van der Waals surface area (Å²) in [6.07, 6.45) is 1.83. The molecule has 0 N–H and O–H groups in total. The van der Waals surface area contributed by atoms with E-state index in [-0.39, 0.29) is 0 Å². The summed E-state index contributed by atoms with van der Waals surface area (Å²) >= 11 is 0. The lowest BCUT2D eigenvalue weighted by molar-refractivity contribution is 0.355. The number of rotatable bonds is 4. The Morgan fingerprint density at radius 3 is 2.10 bits per heavy atom. The molecule has 0 fully saturated rings. The van der Waals surface area contributed by atoms with E-state index in [2.05, 4.69) is 37.0 Å². The maximum absolute atomic E-state index is 5.28. The van der Waals surface area contributed by atoms with Crippen molar-refractivity contribution in [2.75, 3.05) is 14.2 Å². The van der Waals surface area contributed by atoms with Crippen LogP contribution in [-0.4, -0.2) is 20.4 Å². The SMILES string of the molecule is COc1ccc(C=Nc2cc(C)cc(C)c2)cc1OC. The molecule has 3 nitrogen and oxygen atoms in total. The lowest BCUT2D eigenvalue weighted by Gasteiger charge is -2.07. The number of aryl methyl sites for hydroxylation is 2. The Morgan fingerprint density at radius 1 is 0.850 bits per heavy atom. The highest BCUT2D eigenvalue weighted by Gasteiger charge is 2.03. The van der Waals surface area contributed by atoms with Gasteiger partial charge in [0, 0.05) is 6.21 Å². The average Bonchev–Trinajstić information content (AvgIpc) is 2.43. The Morgan fingerprint density at radius 2 is 1.50 bits per heavy atom. The van der Waals surface area contributed by atoms with Crippen molar-refractivity contribution in [3.63, 3.8) is 0 Å². The van der Waals surface area contributed by atoms with Crippen molar-refractivity contribution < 1.29 is 9.47 Å². The van der Waals surface area contributed by atoms with Crippen LogP contribution in [0.1, 0.15) is 16.7 Å². The lowest BCUT2D eigenvalue weighted by Crippen LogP contribution is -1.92. The predicted molar refractivity (Wildman–Crippen MR) is 82.7 cm³/mol. The van der Waals surface area contributed by atoms with Gasteiger partial charge in [-0.2, -0.15) is 0 Å². The van der Waals surface area contributed by atoms with Gasteiger partial charge >= 0.3 is 0 Å². The van der Waals surface area contributed by atoms with E-state index < -0.39 is 0 Å². The number of aliphatic imine (C=N–C) groups is 1. The van der Waals surface area contributed by atoms with Crippen LogP contribution in [0, 0.1) is 13.8 Å². The van der Waals surface area contributed by atoms with Crippen molar-refractivity contribution in [3.05, 3.63) is 53.1 Å². The molecule has 0 heterocycles. The number of ether oxygens (including phenoxy) is 2. The number of nitrogens with zero attached hydrogens (tertiary/aromatic N) is 1. The van der Waals surface area contributed by atoms with E-state index in [1.807, 2.05) is 24.4 Å². The Labute approximate surface area is 119 Å². The standard InChI is InChI=1S/C17H19NO2/c1-12-7-13(2)9-15(8-12)18-11-14-5-6-16(19-3)17(10-14)20-4/h5-11H,1-4H3. The van der Waals surface area contributed by atoms with Crippen molar-refractivity contribution in [1.82, 2.24) is 0 Å². The maximum atomic E-state index is 5.28. The number of benzene rings is 2. The van der Waals surface area contributed by atoms with Crippen molar-refractivity contribution in [3.8, 4) is 11.5 Å². The zero-order chi connectivity index (χ0) is 14.5. The Bertz CT molecular complexity index is 613. The van der Waals surface area contributed by atoms with Crippen LogP contribution in [-0.2, 0) is 0 Å². The van der Waals surface area contributed by atoms with E-state index in [1.165, 1.54) is 11.1 Å². The molecule has 20 heavy (non-hydrogen) atoms. The molecule has 0 atom stereocenters. The van der Waals surface area contributed by atoms with E-state index in [1.54, 1.807) is 14.2 Å². The predicted octanol–water partition coefficient (Wildman–Crippen LogP) is 4.07. The first-order valence-electron chi connectivity index (χ1n) is 6.47. The molecule has 0 amide bonds. The van der Waals surface area contributed by atoms with Crippen LogP contribution in [0.15, 0.2) is 41.4 Å². The minimum atomic E-state index is 0.705. The Hall–Kier alpha value is -2.29. The first-order valence-corrected chi connectivity index (χ1v) is 6.47. The van der Waals surface area contributed by atoms with Crippen LogP contribution in [0.5, 0.6) is 11.5 Å². The maximum Gasteiger partial charge on any atom is 0.161 e. The van der Waals surface area contributed by atoms with Gasteiger partial charge in [-0.3, -0.25) is 4.99 Å². The van der Waals surface area contributed by atoms with E-state index in [9.17, 15) is 0 Å². The summed E-state index contributed by atoms with van der Waals surface area (Å²) < 4.78 is 10.5. The third-order valence-corrected chi connectivity index (χ3v) is 2.98. The van der Waals surface area contributed by atoms with E-state index in [0.717, 1.165) is 17.0 Å². The monoisotopic (exact) mass is 269 g/mol. The zero-order valence-electron chi connectivity index (χ0n) is 12.3. The minimum Gasteiger partial charge on any atom is -0.493 e. The van der Waals surface area contributed by atoms with Crippen LogP contribution in [0.25, 0.3) is 0 Å². The molecule has 104 valence electrons. The molecule has 0 aromatic heterocycles. The van der Waals surface area contributed by atoms with Crippen LogP contribution in [0.2, 0.25) is 0 Å². The van der Waals surface area contributed by atoms with Crippen LogP contribution in [0.3, 0.4) is 0 Å². The first-order chi connectivity index (χ1) is 9.62. The summed E-state index contributed by atoms with van der Waals surface area (Å²) in [6, 6.07) is 12.0. The van der Waals surface area contributed by atoms with Crippen LogP contribution in [0.4, 0.5) is 5.69 Å². The van der Waals surface area contributed by atoms with Crippen molar-refractivity contribution >= 4 is 11.9 Å². The van der Waals surface area contributed by atoms with Gasteiger partial charge in [0.2, 0.25) is 0 Å². The molecule has 0 saturated heterocycles. The highest BCUT2D eigenvalue weighted by Crippen LogP contribution is 2.27. The van der Waals surface area contributed by atoms with E-state index >= 15 is 0 Å². The fraction of sp³-hybridized carbons (Fsp3) is 0.235. The number of hydrogen-bond acceptors (Lipinski definition) is 3. The molecule has 2 aromatic carbocycles. The molecule has 2 aromatic rings. The quantitative estimate of drug-likeness (QED) is 0.783. The van der Waals surface area contributed by atoms with Gasteiger partial charge in [0.15, 0.2) is 11.5 Å². The molecule has 0 aliphatic heterocycles. The van der Waals surface area contributed by atoms with Crippen molar-refractivity contribution in [2.45, 2.75) is 13.8 Å². The Kier molecular flexibility index (Phi) is 4.41. The van der Waals surface area contributed by atoms with Crippen molar-refractivity contribution in [2.24, 2.45) is 4.99 Å². The molecule has 3 heteroatoms. The summed E-state index contributed by atoms with van der Waals surface area (Å²) in [7, 11) is 3.25. The lowest BCUT2D eigenvalue weighted by atomic mass is 10.1. The molecule has 0 unspecified atom stereocenters. The molecule has 0 radical (unpaired) electrons. The van der Waals surface area contributed by atoms with Gasteiger partial charge in [-0.15, -0.1) is 0 Å². The number of methoxy groups -OCH3 is 2. The summed E-state index contributed by atoms with van der Waals surface area (Å²) in [5, 5.41) is 0. The smallest absolute Gasteiger partial charge is 0.161 e. The van der Waals surface area contributed by atoms with Gasteiger partial charge in [-0.1, -0.05) is 6.07 Å². The summed E-state index contributed by atoms with van der Waals surface area (Å²) in [5.74, 6) is 1.42. The van der Waals surface area contributed by atoms with Crippen LogP contribution < -0.4 is 9.47 Å². The largest absolute Gasteiger partial charge is 0.493 e. The van der Waals surface area contributed by atoms with Gasteiger partial charge in [-0.05, 0) is 60.9 Å². The average molecular weight is 269 g/mol. The molecule has 0 saturated carbocycles. The third kappa shape index (κ3) is 3.38. The third-order valence-electron chi connectivity index (χ3n) is 2.98. The molecule has 0 aliphatic carbocycles. The fourth-order valence-corrected chi connectivity index (χ4v) is 2.11. The topological polar surface area (TPSA) is 30.8 Å². The molecular weight excluding hydrogens is 250 g/mol. The van der Waals surface area contributed by atoms with E-state index in [0.29, 0.717) is 5.75 Å². The summed E-state index contributed by atoms with van der Waals surface area (Å²) in [5.41, 5.74) is 4.35. The summed E-state index contributed by atoms with van der Waals surface area (Å²) in [4.78, 5) is 4.51. The van der Waals surface area contributed by atoms with Gasteiger partial charge in [0.25, 0.3) is 0 Å². The molecule has 0 aliphatic rings. The van der Waals surface area contributed by atoms with Crippen molar-refractivity contribution in [1.29, 1.82) is 0 Å². The molecular formula is C17H19NO2.